The van der Waals surface area contributed by atoms with E-state index in [2.05, 4.69) is 16.5 Å². The number of anilines is 1. The first-order chi connectivity index (χ1) is 12.2. The zero-order valence-corrected chi connectivity index (χ0v) is 14.3. The Morgan fingerprint density at radius 3 is 2.68 bits per heavy atom. The number of nitrogens with one attached hydrogen (secondary N) is 1. The summed E-state index contributed by atoms with van der Waals surface area (Å²) < 4.78 is 1.86. The predicted molar refractivity (Wildman–Crippen MR) is 99.3 cm³/mol. The molecule has 25 heavy (non-hydrogen) atoms. The lowest BCUT2D eigenvalue weighted by molar-refractivity contribution is 0.102. The molecule has 0 fully saturated rings. The largest absolute Gasteiger partial charge is 0.322 e. The van der Waals surface area contributed by atoms with Crippen LogP contribution >= 0.6 is 0 Å². The predicted octanol–water partition coefficient (Wildman–Crippen LogP) is 4.31. The Hall–Kier alpha value is -2.88. The van der Waals surface area contributed by atoms with Crippen LogP contribution in [0.5, 0.6) is 0 Å². The van der Waals surface area contributed by atoms with Crippen LogP contribution in [0.25, 0.3) is 5.69 Å². The van der Waals surface area contributed by atoms with E-state index in [9.17, 15) is 4.79 Å². The molecule has 2 aromatic carbocycles. The van der Waals surface area contributed by atoms with Crippen molar-refractivity contribution in [3.63, 3.8) is 0 Å². The molecule has 0 atom stereocenters. The molecule has 0 unspecified atom stereocenters. The Morgan fingerprint density at radius 1 is 1.04 bits per heavy atom. The second kappa shape index (κ2) is 6.55. The van der Waals surface area contributed by atoms with E-state index < -0.39 is 0 Å². The van der Waals surface area contributed by atoms with Gasteiger partial charge in [0.05, 0.1) is 5.69 Å². The molecule has 4 rings (SSSR count). The Kier molecular flexibility index (Phi) is 4.10. The van der Waals surface area contributed by atoms with Gasteiger partial charge in [-0.25, -0.2) is 4.68 Å². The second-order valence-corrected chi connectivity index (χ2v) is 6.58. The summed E-state index contributed by atoms with van der Waals surface area (Å²) in [4.78, 5) is 12.6. The van der Waals surface area contributed by atoms with E-state index in [4.69, 9.17) is 0 Å². The fourth-order valence-corrected chi connectivity index (χ4v) is 3.43. The maximum absolute atomic E-state index is 12.6. The number of nitrogens with zero attached hydrogens (tertiary/aromatic N) is 2. The smallest absolute Gasteiger partial charge is 0.255 e. The van der Waals surface area contributed by atoms with Gasteiger partial charge < -0.3 is 5.32 Å². The maximum Gasteiger partial charge on any atom is 0.255 e. The third-order valence-electron chi connectivity index (χ3n) is 4.79. The van der Waals surface area contributed by atoms with Gasteiger partial charge in [-0.1, -0.05) is 12.1 Å². The van der Waals surface area contributed by atoms with Crippen LogP contribution in [0.15, 0.2) is 54.7 Å². The summed E-state index contributed by atoms with van der Waals surface area (Å²) in [6.45, 7) is 2.01. The number of rotatable bonds is 3. The zero-order chi connectivity index (χ0) is 17.2. The summed E-state index contributed by atoms with van der Waals surface area (Å²) in [5, 5.41) is 7.32. The van der Waals surface area contributed by atoms with Gasteiger partial charge in [-0.05, 0) is 80.1 Å². The normalized spacial score (nSPS) is 13.3. The third-order valence-corrected chi connectivity index (χ3v) is 4.79. The summed E-state index contributed by atoms with van der Waals surface area (Å²) in [5.41, 5.74) is 6.19. The lowest BCUT2D eigenvalue weighted by atomic mass is 9.90. The molecule has 0 radical (unpaired) electrons. The zero-order valence-electron chi connectivity index (χ0n) is 14.3. The molecule has 1 amide bonds. The van der Waals surface area contributed by atoms with Gasteiger partial charge in [0.15, 0.2) is 0 Å². The Balaban J connectivity index is 1.56. The molecule has 1 heterocycles. The van der Waals surface area contributed by atoms with Gasteiger partial charge in [0.25, 0.3) is 5.91 Å². The average molecular weight is 331 g/mol. The number of aryl methyl sites for hydroxylation is 3. The highest BCUT2D eigenvalue weighted by Gasteiger charge is 2.13. The van der Waals surface area contributed by atoms with Gasteiger partial charge in [0, 0.05) is 23.1 Å². The highest BCUT2D eigenvalue weighted by atomic mass is 16.1. The van der Waals surface area contributed by atoms with Crippen LogP contribution in [0.2, 0.25) is 0 Å². The molecule has 1 aliphatic carbocycles. The molecule has 1 aromatic heterocycles. The SMILES string of the molecule is Cc1ccnn1-c1cccc(NC(=O)c2ccc3c(c2)CCCC3)c1. The summed E-state index contributed by atoms with van der Waals surface area (Å²) in [6, 6.07) is 15.8. The van der Waals surface area contributed by atoms with Crippen molar-refractivity contribution in [2.45, 2.75) is 32.6 Å². The van der Waals surface area contributed by atoms with E-state index in [0.717, 1.165) is 35.5 Å². The minimum Gasteiger partial charge on any atom is -0.322 e. The number of benzene rings is 2. The van der Waals surface area contributed by atoms with E-state index >= 15 is 0 Å². The van der Waals surface area contributed by atoms with Crippen LogP contribution < -0.4 is 5.32 Å². The number of aromatic nitrogens is 2. The number of carbonyl (C=O) groups is 1. The van der Waals surface area contributed by atoms with Crippen molar-refractivity contribution < 1.29 is 4.79 Å². The standard InChI is InChI=1S/C21H21N3O/c1-15-11-12-22-24(15)20-8-4-7-19(14-20)23-21(25)18-10-9-16-5-2-3-6-17(16)13-18/h4,7-14H,2-3,5-6H2,1H3,(H,23,25). The van der Waals surface area contributed by atoms with E-state index in [1.54, 1.807) is 6.20 Å². The third kappa shape index (κ3) is 3.20. The van der Waals surface area contributed by atoms with E-state index in [1.807, 2.05) is 54.1 Å². The summed E-state index contributed by atoms with van der Waals surface area (Å²) in [7, 11) is 0. The van der Waals surface area contributed by atoms with Crippen LogP contribution in [-0.4, -0.2) is 15.7 Å². The van der Waals surface area contributed by atoms with Gasteiger partial charge in [0.2, 0.25) is 0 Å². The highest BCUT2D eigenvalue weighted by Crippen LogP contribution is 2.23. The van der Waals surface area contributed by atoms with Gasteiger partial charge in [0.1, 0.15) is 0 Å². The monoisotopic (exact) mass is 331 g/mol. The van der Waals surface area contributed by atoms with Crippen molar-refractivity contribution in [2.75, 3.05) is 5.32 Å². The van der Waals surface area contributed by atoms with Crippen LogP contribution in [0, 0.1) is 6.92 Å². The number of fused-ring (bicyclic) bond motifs is 1. The lowest BCUT2D eigenvalue weighted by Crippen LogP contribution is -2.14. The molecule has 0 saturated carbocycles. The van der Waals surface area contributed by atoms with Gasteiger partial charge >= 0.3 is 0 Å². The molecule has 1 N–H and O–H groups in total. The number of carbonyl (C=O) groups excluding carboxylic acids is 1. The minimum absolute atomic E-state index is 0.0669. The fourth-order valence-electron chi connectivity index (χ4n) is 3.43. The van der Waals surface area contributed by atoms with E-state index in [0.29, 0.717) is 0 Å². The van der Waals surface area contributed by atoms with E-state index in [1.165, 1.54) is 24.0 Å². The quantitative estimate of drug-likeness (QED) is 0.777. The molecule has 1 aliphatic rings. The summed E-state index contributed by atoms with van der Waals surface area (Å²) in [6.07, 6.45) is 6.43. The first-order valence-electron chi connectivity index (χ1n) is 8.75. The van der Waals surface area contributed by atoms with Crippen LogP contribution in [-0.2, 0) is 12.8 Å². The van der Waals surface area contributed by atoms with Crippen molar-refractivity contribution >= 4 is 11.6 Å². The molecule has 0 spiro atoms. The van der Waals surface area contributed by atoms with Crippen molar-refractivity contribution in [3.05, 3.63) is 77.1 Å². The molecule has 3 aromatic rings. The molecule has 4 heteroatoms. The number of amides is 1. The van der Waals surface area contributed by atoms with Gasteiger partial charge in [-0.15, -0.1) is 0 Å². The first-order valence-corrected chi connectivity index (χ1v) is 8.75. The van der Waals surface area contributed by atoms with Gasteiger partial charge in [-0.3, -0.25) is 4.79 Å². The summed E-state index contributed by atoms with van der Waals surface area (Å²) in [5.74, 6) is -0.0669. The Labute approximate surface area is 147 Å². The van der Waals surface area contributed by atoms with Crippen molar-refractivity contribution in [1.82, 2.24) is 9.78 Å². The molecule has 126 valence electrons. The lowest BCUT2D eigenvalue weighted by Gasteiger charge is -2.16. The van der Waals surface area contributed by atoms with E-state index in [-0.39, 0.29) is 5.91 Å². The minimum atomic E-state index is -0.0669. The van der Waals surface area contributed by atoms with Crippen molar-refractivity contribution in [2.24, 2.45) is 0 Å². The Bertz CT molecular complexity index is 926. The van der Waals surface area contributed by atoms with Crippen LogP contribution in [0.4, 0.5) is 5.69 Å². The molecule has 0 bridgehead atoms. The molecule has 4 nitrogen and oxygen atoms in total. The maximum atomic E-state index is 12.6. The topological polar surface area (TPSA) is 46.9 Å². The molecular formula is C21H21N3O. The first kappa shape index (κ1) is 15.6. The van der Waals surface area contributed by atoms with Crippen molar-refractivity contribution in [1.29, 1.82) is 0 Å². The molecule has 0 aliphatic heterocycles. The summed E-state index contributed by atoms with van der Waals surface area (Å²) >= 11 is 0. The number of hydrogen-bond acceptors (Lipinski definition) is 2. The molecular weight excluding hydrogens is 310 g/mol. The van der Waals surface area contributed by atoms with Gasteiger partial charge in [-0.2, -0.15) is 5.10 Å². The second-order valence-electron chi connectivity index (χ2n) is 6.58. The fraction of sp³-hybridized carbons (Fsp3) is 0.238. The van der Waals surface area contributed by atoms with Crippen LogP contribution in [0.1, 0.15) is 40.0 Å². The van der Waals surface area contributed by atoms with Crippen LogP contribution in [0.3, 0.4) is 0 Å². The number of hydrogen-bond donors (Lipinski definition) is 1. The highest BCUT2D eigenvalue weighted by molar-refractivity contribution is 6.04. The van der Waals surface area contributed by atoms with Crippen molar-refractivity contribution in [3.8, 4) is 5.69 Å². The molecule has 0 saturated heterocycles. The average Bonchev–Trinajstić information content (AvgIpc) is 3.07. The Morgan fingerprint density at radius 2 is 1.88 bits per heavy atom.